The fourth-order valence-corrected chi connectivity index (χ4v) is 3.98. The zero-order chi connectivity index (χ0) is 19.2. The minimum absolute atomic E-state index is 0.261. The molecule has 1 amide bonds. The van der Waals surface area contributed by atoms with Crippen molar-refractivity contribution in [3.63, 3.8) is 0 Å². The van der Waals surface area contributed by atoms with Gasteiger partial charge in [-0.3, -0.25) is 9.59 Å². The minimum Gasteiger partial charge on any atom is -0.487 e. The molecule has 2 N–H and O–H groups in total. The number of carbonyl (C=O) groups is 2. The van der Waals surface area contributed by atoms with E-state index in [9.17, 15) is 14.7 Å². The first-order valence-electron chi connectivity index (χ1n) is 9.20. The van der Waals surface area contributed by atoms with Crippen molar-refractivity contribution in [1.29, 1.82) is 0 Å². The van der Waals surface area contributed by atoms with E-state index in [1.165, 1.54) is 0 Å². The number of thiazole rings is 1. The third-order valence-corrected chi connectivity index (χ3v) is 5.62. The number of carboxylic acid groups (broad SMARTS) is 1. The van der Waals surface area contributed by atoms with Gasteiger partial charge in [-0.2, -0.15) is 0 Å². The molecule has 6 nitrogen and oxygen atoms in total. The van der Waals surface area contributed by atoms with Crippen molar-refractivity contribution in [2.24, 2.45) is 5.92 Å². The lowest BCUT2D eigenvalue weighted by molar-refractivity contribution is -0.142. The number of carbonyl (C=O) groups excluding carboxylic acids is 1. The van der Waals surface area contributed by atoms with E-state index in [2.05, 4.69) is 10.3 Å². The predicted molar refractivity (Wildman–Crippen MR) is 103 cm³/mol. The second kappa shape index (κ2) is 8.99. The monoisotopic (exact) mass is 388 g/mol. The zero-order valence-corrected chi connectivity index (χ0v) is 16.1. The van der Waals surface area contributed by atoms with Crippen LogP contribution in [-0.4, -0.2) is 28.0 Å². The number of carboxylic acids is 1. The van der Waals surface area contributed by atoms with E-state index in [4.69, 9.17) is 4.74 Å². The summed E-state index contributed by atoms with van der Waals surface area (Å²) in [5.41, 5.74) is 1.32. The van der Waals surface area contributed by atoms with Gasteiger partial charge in [0.15, 0.2) is 0 Å². The Morgan fingerprint density at radius 1 is 1.30 bits per heavy atom. The van der Waals surface area contributed by atoms with Gasteiger partial charge >= 0.3 is 5.97 Å². The molecule has 0 aliphatic heterocycles. The van der Waals surface area contributed by atoms with Gasteiger partial charge in [-0.1, -0.05) is 25.3 Å². The summed E-state index contributed by atoms with van der Waals surface area (Å²) >= 11 is 1.57. The van der Waals surface area contributed by atoms with Crippen LogP contribution < -0.4 is 10.1 Å². The van der Waals surface area contributed by atoms with Crippen LogP contribution in [0.1, 0.15) is 53.2 Å². The maximum Gasteiger partial charge on any atom is 0.308 e. The molecular formula is C20H24N2O4S. The fraction of sp³-hybridized carbons (Fsp3) is 0.450. The summed E-state index contributed by atoms with van der Waals surface area (Å²) in [6.07, 6.45) is 4.14. The van der Waals surface area contributed by atoms with Gasteiger partial charge < -0.3 is 15.2 Å². The summed E-state index contributed by atoms with van der Waals surface area (Å²) in [5.74, 6) is -1.03. The third-order valence-electron chi connectivity index (χ3n) is 4.80. The van der Waals surface area contributed by atoms with Crippen molar-refractivity contribution in [2.75, 3.05) is 0 Å². The Hall–Kier alpha value is -2.41. The van der Waals surface area contributed by atoms with Gasteiger partial charge in [0.2, 0.25) is 0 Å². The second-order valence-corrected chi connectivity index (χ2v) is 7.90. The molecule has 1 aromatic heterocycles. The number of nitrogens with zero attached hydrogens (tertiary/aromatic N) is 1. The van der Waals surface area contributed by atoms with Crippen molar-refractivity contribution in [1.82, 2.24) is 10.3 Å². The minimum atomic E-state index is -0.835. The van der Waals surface area contributed by atoms with Gasteiger partial charge in [0.25, 0.3) is 5.91 Å². The molecule has 0 radical (unpaired) electrons. The number of amides is 1. The first-order chi connectivity index (χ1) is 13.0. The lowest BCUT2D eigenvalue weighted by atomic mass is 9.94. The maximum atomic E-state index is 12.7. The highest BCUT2D eigenvalue weighted by atomic mass is 32.1. The van der Waals surface area contributed by atoms with Crippen molar-refractivity contribution in [2.45, 2.75) is 51.7 Å². The molecule has 1 aromatic carbocycles. The Morgan fingerprint density at radius 2 is 2.11 bits per heavy atom. The summed E-state index contributed by atoms with van der Waals surface area (Å²) in [7, 11) is 0. The molecule has 0 spiro atoms. The molecule has 7 heteroatoms. The predicted octanol–water partition coefficient (Wildman–Crippen LogP) is 3.79. The molecule has 0 saturated heterocycles. The van der Waals surface area contributed by atoms with Gasteiger partial charge in [-0.25, -0.2) is 4.98 Å². The maximum absolute atomic E-state index is 12.7. The first-order valence-corrected chi connectivity index (χ1v) is 10.1. The van der Waals surface area contributed by atoms with Gasteiger partial charge in [-0.05, 0) is 38.0 Å². The number of aryl methyl sites for hydroxylation is 1. The number of hydrogen-bond acceptors (Lipinski definition) is 5. The van der Waals surface area contributed by atoms with E-state index in [0.717, 1.165) is 30.0 Å². The second-order valence-electron chi connectivity index (χ2n) is 6.84. The number of aromatic nitrogens is 1. The van der Waals surface area contributed by atoms with Crippen molar-refractivity contribution in [3.05, 3.63) is 45.9 Å². The van der Waals surface area contributed by atoms with Gasteiger partial charge in [-0.15, -0.1) is 11.3 Å². The molecule has 1 heterocycles. The van der Waals surface area contributed by atoms with E-state index >= 15 is 0 Å². The Morgan fingerprint density at radius 3 is 2.85 bits per heavy atom. The van der Waals surface area contributed by atoms with E-state index in [1.807, 2.05) is 12.3 Å². The van der Waals surface area contributed by atoms with Gasteiger partial charge in [0.05, 0.1) is 16.6 Å². The zero-order valence-electron chi connectivity index (χ0n) is 15.3. The van der Waals surface area contributed by atoms with Crippen molar-refractivity contribution >= 4 is 23.2 Å². The molecule has 2 atom stereocenters. The topological polar surface area (TPSA) is 88.5 Å². The van der Waals surface area contributed by atoms with Crippen LogP contribution >= 0.6 is 11.3 Å². The third kappa shape index (κ3) is 5.29. The van der Waals surface area contributed by atoms with Crippen LogP contribution in [0.5, 0.6) is 5.75 Å². The van der Waals surface area contributed by atoms with Crippen molar-refractivity contribution < 1.29 is 19.4 Å². The van der Waals surface area contributed by atoms with Crippen molar-refractivity contribution in [3.8, 4) is 5.75 Å². The van der Waals surface area contributed by atoms with E-state index in [0.29, 0.717) is 30.8 Å². The first kappa shape index (κ1) is 19.4. The fourth-order valence-electron chi connectivity index (χ4n) is 3.39. The highest BCUT2D eigenvalue weighted by Crippen LogP contribution is 2.24. The molecule has 0 bridgehead atoms. The molecule has 0 unspecified atom stereocenters. The number of ether oxygens (including phenoxy) is 1. The standard InChI is InChI=1S/C20H24N2O4S/c1-13-21-15(12-27-13)11-26-16-7-5-6-14(10-16)19(23)22-18-9-4-2-3-8-17(18)20(24)25/h5-7,10,12,17-18H,2-4,8-9,11H2,1H3,(H,22,23)(H,24,25)/t17-,18+/m1/s1. The molecule has 1 aliphatic carbocycles. The molecule has 1 aliphatic rings. The lowest BCUT2D eigenvalue weighted by Gasteiger charge is -2.23. The largest absolute Gasteiger partial charge is 0.487 e. The Labute approximate surface area is 162 Å². The summed E-state index contributed by atoms with van der Waals surface area (Å²) < 4.78 is 5.74. The molecular weight excluding hydrogens is 364 g/mol. The molecule has 1 fully saturated rings. The van der Waals surface area contributed by atoms with Crippen LogP contribution in [0.25, 0.3) is 0 Å². The summed E-state index contributed by atoms with van der Waals surface area (Å²) in [4.78, 5) is 28.5. The van der Waals surface area contributed by atoms with Gasteiger partial charge in [0, 0.05) is 17.0 Å². The SMILES string of the molecule is Cc1nc(COc2cccc(C(=O)N[C@H]3CCCCC[C@H]3C(=O)O)c2)cs1. The van der Waals surface area contributed by atoms with Crippen LogP contribution in [0.2, 0.25) is 0 Å². The molecule has 1 saturated carbocycles. The molecule has 144 valence electrons. The average Bonchev–Trinajstić information content (AvgIpc) is 2.93. The number of rotatable bonds is 6. The van der Waals surface area contributed by atoms with Crippen LogP contribution in [0.15, 0.2) is 29.6 Å². The quantitative estimate of drug-likeness (QED) is 0.735. The summed E-state index contributed by atoms with van der Waals surface area (Å²) in [6.45, 7) is 2.29. The Balaban J connectivity index is 1.64. The van der Waals surface area contributed by atoms with Crippen LogP contribution in [0, 0.1) is 12.8 Å². The van der Waals surface area contributed by atoms with Crippen LogP contribution in [0.4, 0.5) is 0 Å². The van der Waals surface area contributed by atoms with Crippen LogP contribution in [0.3, 0.4) is 0 Å². The lowest BCUT2D eigenvalue weighted by Crippen LogP contribution is -2.42. The van der Waals surface area contributed by atoms with E-state index < -0.39 is 11.9 Å². The highest BCUT2D eigenvalue weighted by Gasteiger charge is 2.30. The molecule has 27 heavy (non-hydrogen) atoms. The Bertz CT molecular complexity index is 805. The normalized spacial score (nSPS) is 19.9. The number of aliphatic carboxylic acids is 1. The highest BCUT2D eigenvalue weighted by molar-refractivity contribution is 7.09. The van der Waals surface area contributed by atoms with Gasteiger partial charge in [0.1, 0.15) is 12.4 Å². The van der Waals surface area contributed by atoms with E-state index in [-0.39, 0.29) is 11.9 Å². The van der Waals surface area contributed by atoms with E-state index in [1.54, 1.807) is 35.6 Å². The summed E-state index contributed by atoms with van der Waals surface area (Å²) in [5, 5.41) is 15.3. The molecule has 2 aromatic rings. The average molecular weight is 388 g/mol. The Kier molecular flexibility index (Phi) is 6.45. The number of hydrogen-bond donors (Lipinski definition) is 2. The molecule has 3 rings (SSSR count). The van der Waals surface area contributed by atoms with Crippen LogP contribution in [-0.2, 0) is 11.4 Å². The smallest absolute Gasteiger partial charge is 0.308 e. The number of benzene rings is 1. The number of nitrogens with one attached hydrogen (secondary N) is 1. The summed E-state index contributed by atoms with van der Waals surface area (Å²) in [6, 6.07) is 6.61.